The molecular weight excluding hydrogens is 508 g/mol. The standard InChI is InChI=1S/C27H31ClN6O4/c1-16(35)23-22(17-8-10-18(11-9-17)25(36)31-21-15-19(28)12-13-30-21)32-24(34(23)29)20-7-5-6-14-33(20)26(37)38-27(2,3)4/h8-13,15,20H,5-7,14,29H2,1-4H3,(H,30,31,36)/t20-/m0/s1. The Labute approximate surface area is 226 Å². The second-order valence-corrected chi connectivity index (χ2v) is 10.6. The molecule has 10 nitrogen and oxygen atoms in total. The Morgan fingerprint density at radius 2 is 1.84 bits per heavy atom. The van der Waals surface area contributed by atoms with E-state index in [0.29, 0.717) is 46.5 Å². The minimum Gasteiger partial charge on any atom is -0.444 e. The van der Waals surface area contributed by atoms with Crippen molar-refractivity contribution in [3.63, 3.8) is 0 Å². The Morgan fingerprint density at radius 1 is 1.13 bits per heavy atom. The molecule has 0 bridgehead atoms. The van der Waals surface area contributed by atoms with Crippen LogP contribution in [0.2, 0.25) is 5.02 Å². The highest BCUT2D eigenvalue weighted by Crippen LogP contribution is 2.34. The van der Waals surface area contributed by atoms with Gasteiger partial charge in [0.05, 0.1) is 6.04 Å². The zero-order valence-corrected chi connectivity index (χ0v) is 22.6. The molecule has 2 aromatic heterocycles. The number of benzene rings is 1. The SMILES string of the molecule is CC(=O)c1c(-c2ccc(C(=O)Nc3cc(Cl)ccn3)cc2)nc([C@@H]2CCCCN2C(=O)OC(C)(C)C)n1N. The third kappa shape index (κ3) is 5.96. The van der Waals surface area contributed by atoms with Crippen LogP contribution in [-0.4, -0.2) is 49.5 Å². The lowest BCUT2D eigenvalue weighted by Crippen LogP contribution is -2.43. The normalized spacial score (nSPS) is 15.7. The van der Waals surface area contributed by atoms with Crippen LogP contribution < -0.4 is 11.2 Å². The number of hydrogen-bond donors (Lipinski definition) is 2. The number of likely N-dealkylation sites (tertiary alicyclic amines) is 1. The number of piperidine rings is 1. The molecule has 1 fully saturated rings. The van der Waals surface area contributed by atoms with Crippen LogP contribution in [0.4, 0.5) is 10.6 Å². The summed E-state index contributed by atoms with van der Waals surface area (Å²) >= 11 is 5.96. The fourth-order valence-electron chi connectivity index (χ4n) is 4.40. The Bertz CT molecular complexity index is 1360. The molecular formula is C27H31ClN6O4. The molecule has 4 rings (SSSR count). The number of aromatic nitrogens is 3. The van der Waals surface area contributed by atoms with Gasteiger partial charge in [-0.1, -0.05) is 23.7 Å². The third-order valence-corrected chi connectivity index (χ3v) is 6.32. The number of nitrogens with two attached hydrogens (primary N) is 1. The van der Waals surface area contributed by atoms with Crippen LogP contribution in [0.3, 0.4) is 0 Å². The van der Waals surface area contributed by atoms with Crippen LogP contribution in [-0.2, 0) is 4.74 Å². The van der Waals surface area contributed by atoms with Crippen LogP contribution in [0.1, 0.15) is 79.7 Å². The fourth-order valence-corrected chi connectivity index (χ4v) is 4.56. The summed E-state index contributed by atoms with van der Waals surface area (Å²) in [7, 11) is 0. The summed E-state index contributed by atoms with van der Waals surface area (Å²) in [6, 6.07) is 9.38. The predicted octanol–water partition coefficient (Wildman–Crippen LogP) is 5.23. The predicted molar refractivity (Wildman–Crippen MR) is 145 cm³/mol. The number of rotatable bonds is 5. The Morgan fingerprint density at radius 3 is 2.47 bits per heavy atom. The van der Waals surface area contributed by atoms with Gasteiger partial charge in [0, 0.05) is 35.8 Å². The van der Waals surface area contributed by atoms with E-state index in [9.17, 15) is 14.4 Å². The monoisotopic (exact) mass is 538 g/mol. The molecule has 0 radical (unpaired) electrons. The maximum Gasteiger partial charge on any atom is 0.410 e. The van der Waals surface area contributed by atoms with E-state index in [1.165, 1.54) is 17.8 Å². The average Bonchev–Trinajstić information content (AvgIpc) is 3.20. The molecule has 0 saturated carbocycles. The van der Waals surface area contributed by atoms with E-state index in [2.05, 4.69) is 10.3 Å². The van der Waals surface area contributed by atoms with Gasteiger partial charge in [-0.25, -0.2) is 19.4 Å². The number of imidazole rings is 1. The molecule has 1 aliphatic rings. The Kier molecular flexibility index (Phi) is 7.73. The molecule has 3 heterocycles. The summed E-state index contributed by atoms with van der Waals surface area (Å²) in [6.07, 6.45) is 3.41. The lowest BCUT2D eigenvalue weighted by molar-refractivity contribution is 0.00821. The summed E-state index contributed by atoms with van der Waals surface area (Å²) in [4.78, 5) is 48.7. The van der Waals surface area contributed by atoms with Crippen LogP contribution in [0.5, 0.6) is 0 Å². The van der Waals surface area contributed by atoms with E-state index in [-0.39, 0.29) is 17.4 Å². The van der Waals surface area contributed by atoms with Gasteiger partial charge in [0.2, 0.25) is 0 Å². The van der Waals surface area contributed by atoms with Crippen molar-refractivity contribution >= 4 is 35.2 Å². The number of hydrogen-bond acceptors (Lipinski definition) is 7. The van der Waals surface area contributed by atoms with E-state index in [4.69, 9.17) is 27.2 Å². The number of nitrogen functional groups attached to an aromatic ring is 1. The molecule has 1 atom stereocenters. The first kappa shape index (κ1) is 27.1. The zero-order chi connectivity index (χ0) is 27.6. The molecule has 200 valence electrons. The minimum absolute atomic E-state index is 0.218. The van der Waals surface area contributed by atoms with Gasteiger partial charge in [-0.05, 0) is 64.3 Å². The van der Waals surface area contributed by atoms with Crippen molar-refractivity contribution < 1.29 is 19.1 Å². The number of amides is 2. The topological polar surface area (TPSA) is 132 Å². The van der Waals surface area contributed by atoms with E-state index < -0.39 is 17.7 Å². The van der Waals surface area contributed by atoms with Crippen molar-refractivity contribution in [2.45, 2.75) is 58.6 Å². The number of nitrogens with one attached hydrogen (secondary N) is 1. The number of pyridine rings is 1. The van der Waals surface area contributed by atoms with Crippen LogP contribution in [0, 0.1) is 0 Å². The number of ether oxygens (including phenoxy) is 1. The van der Waals surface area contributed by atoms with Gasteiger partial charge < -0.3 is 15.9 Å². The van der Waals surface area contributed by atoms with E-state index in [1.807, 2.05) is 20.8 Å². The number of Topliss-reactive ketones (excluding diaryl/α,β-unsaturated/α-hetero) is 1. The lowest BCUT2D eigenvalue weighted by atomic mass is 10.0. The highest BCUT2D eigenvalue weighted by atomic mass is 35.5. The quantitative estimate of drug-likeness (QED) is 0.335. The molecule has 0 aliphatic carbocycles. The van der Waals surface area contributed by atoms with Gasteiger partial charge in [0.25, 0.3) is 5.91 Å². The molecule has 1 aromatic carbocycles. The lowest BCUT2D eigenvalue weighted by Gasteiger charge is -2.36. The number of carbonyl (C=O) groups excluding carboxylic acids is 3. The van der Waals surface area contributed by atoms with Gasteiger partial charge >= 0.3 is 6.09 Å². The fraction of sp³-hybridized carbons (Fsp3) is 0.370. The highest BCUT2D eigenvalue weighted by Gasteiger charge is 2.36. The average molecular weight is 539 g/mol. The summed E-state index contributed by atoms with van der Waals surface area (Å²) in [6.45, 7) is 7.36. The summed E-state index contributed by atoms with van der Waals surface area (Å²) in [5.74, 6) is 6.52. The van der Waals surface area contributed by atoms with Gasteiger partial charge in [-0.15, -0.1) is 0 Å². The van der Waals surface area contributed by atoms with Crippen LogP contribution in [0.25, 0.3) is 11.3 Å². The second-order valence-electron chi connectivity index (χ2n) is 10.2. The Hall–Kier alpha value is -3.92. The first-order valence-electron chi connectivity index (χ1n) is 12.4. The van der Waals surface area contributed by atoms with Gasteiger partial charge in [-0.3, -0.25) is 14.5 Å². The van der Waals surface area contributed by atoms with Crippen molar-refractivity contribution in [2.75, 3.05) is 17.7 Å². The highest BCUT2D eigenvalue weighted by molar-refractivity contribution is 6.30. The Balaban J connectivity index is 1.64. The van der Waals surface area contributed by atoms with Crippen LogP contribution in [0.15, 0.2) is 42.6 Å². The van der Waals surface area contributed by atoms with Crippen molar-refractivity contribution in [2.24, 2.45) is 0 Å². The summed E-state index contributed by atoms with van der Waals surface area (Å²) in [5.41, 5.74) is 0.945. The van der Waals surface area contributed by atoms with Crippen molar-refractivity contribution in [1.82, 2.24) is 19.5 Å². The maximum atomic E-state index is 13.0. The molecule has 0 unspecified atom stereocenters. The maximum absolute atomic E-state index is 13.0. The zero-order valence-electron chi connectivity index (χ0n) is 21.8. The number of ketones is 1. The van der Waals surface area contributed by atoms with E-state index in [1.54, 1.807) is 41.3 Å². The number of carbonyl (C=O) groups is 3. The van der Waals surface area contributed by atoms with E-state index >= 15 is 0 Å². The first-order chi connectivity index (χ1) is 17.9. The van der Waals surface area contributed by atoms with E-state index in [0.717, 1.165) is 12.8 Å². The van der Waals surface area contributed by atoms with Crippen molar-refractivity contribution in [3.05, 3.63) is 64.7 Å². The molecule has 1 aliphatic heterocycles. The van der Waals surface area contributed by atoms with Gasteiger partial charge in [0.15, 0.2) is 11.6 Å². The van der Waals surface area contributed by atoms with Crippen molar-refractivity contribution in [1.29, 1.82) is 0 Å². The van der Waals surface area contributed by atoms with Crippen LogP contribution >= 0.6 is 11.6 Å². The smallest absolute Gasteiger partial charge is 0.410 e. The first-order valence-corrected chi connectivity index (χ1v) is 12.7. The largest absolute Gasteiger partial charge is 0.444 e. The number of anilines is 1. The second kappa shape index (κ2) is 10.8. The number of halogens is 1. The van der Waals surface area contributed by atoms with Gasteiger partial charge in [-0.2, -0.15) is 0 Å². The summed E-state index contributed by atoms with van der Waals surface area (Å²) < 4.78 is 6.89. The minimum atomic E-state index is -0.649. The summed E-state index contributed by atoms with van der Waals surface area (Å²) in [5, 5.41) is 3.16. The third-order valence-electron chi connectivity index (χ3n) is 6.08. The molecule has 2 amide bonds. The molecule has 3 aromatic rings. The van der Waals surface area contributed by atoms with Crippen molar-refractivity contribution in [3.8, 4) is 11.3 Å². The molecule has 0 spiro atoms. The molecule has 3 N–H and O–H groups in total. The molecule has 38 heavy (non-hydrogen) atoms. The molecule has 11 heteroatoms. The van der Waals surface area contributed by atoms with Gasteiger partial charge in [0.1, 0.15) is 22.8 Å². The molecule has 1 saturated heterocycles. The number of nitrogens with zero attached hydrogens (tertiary/aromatic N) is 4.